The van der Waals surface area contributed by atoms with Crippen molar-refractivity contribution in [2.45, 2.75) is 48.8 Å². The van der Waals surface area contributed by atoms with Crippen LogP contribution in [0.2, 0.25) is 0 Å². The molecular formula is C24H29NO6S2. The molecule has 1 aromatic rings. The molecule has 7 nitrogen and oxygen atoms in total. The molecule has 9 heteroatoms. The molecule has 1 aromatic carbocycles. The standard InChI is InChI=1S/C24H29NO6S2/c1-17-6-10-21(11-7-17)32(27,28)25-14-4-3-5-20-15-24(33(29,30)31)23-13-9-19(18(2)16-26)8-12-22(20)23/h6-13,15,18,25-26H,3-5,14,16H2,1-2H3,(H,29,30,31). The summed E-state index contributed by atoms with van der Waals surface area (Å²) in [7, 11) is -7.99. The predicted octanol–water partition coefficient (Wildman–Crippen LogP) is 3.74. The van der Waals surface area contributed by atoms with Gasteiger partial charge in [0.1, 0.15) is 4.90 Å². The third kappa shape index (κ3) is 6.18. The molecule has 3 rings (SSSR count). The van der Waals surface area contributed by atoms with Crippen molar-refractivity contribution in [1.29, 1.82) is 0 Å². The fraction of sp³-hybridized carbons (Fsp3) is 0.333. The number of aliphatic hydroxyl groups is 1. The summed E-state index contributed by atoms with van der Waals surface area (Å²) in [4.78, 5) is 0.0692. The number of hydrogen-bond donors (Lipinski definition) is 3. The van der Waals surface area contributed by atoms with Crippen LogP contribution in [0.3, 0.4) is 0 Å². The van der Waals surface area contributed by atoms with Gasteiger partial charge in [0, 0.05) is 24.6 Å². The summed E-state index contributed by atoms with van der Waals surface area (Å²) in [6, 6.07) is 15.2. The maximum Gasteiger partial charge on any atom is 0.295 e. The summed E-state index contributed by atoms with van der Waals surface area (Å²) in [5.41, 5.74) is 3.72. The molecule has 2 aliphatic carbocycles. The van der Waals surface area contributed by atoms with E-state index in [1.54, 1.807) is 42.5 Å². The maximum atomic E-state index is 12.4. The molecule has 0 bridgehead atoms. The topological polar surface area (TPSA) is 121 Å². The first-order valence-electron chi connectivity index (χ1n) is 10.7. The molecule has 0 heterocycles. The number of unbranched alkanes of at least 4 members (excludes halogenated alkanes) is 1. The van der Waals surface area contributed by atoms with E-state index >= 15 is 0 Å². The molecular weight excluding hydrogens is 462 g/mol. The lowest BCUT2D eigenvalue weighted by atomic mass is 10.0. The SMILES string of the molecule is Cc1ccc(S(=O)(=O)NCCCCc2cc(S(=O)(=O)O)c3ccc(C(C)CO)ccc2-3)cc1. The van der Waals surface area contributed by atoms with Gasteiger partial charge in [-0.1, -0.05) is 48.9 Å². The van der Waals surface area contributed by atoms with E-state index in [2.05, 4.69) is 4.72 Å². The van der Waals surface area contributed by atoms with Crippen LogP contribution in [0.4, 0.5) is 0 Å². The molecule has 2 aliphatic rings. The summed E-state index contributed by atoms with van der Waals surface area (Å²) in [5, 5.41) is 9.42. The van der Waals surface area contributed by atoms with Gasteiger partial charge in [0.2, 0.25) is 10.0 Å². The molecule has 0 spiro atoms. The average Bonchev–Trinajstić information content (AvgIpc) is 2.96. The fourth-order valence-electron chi connectivity index (χ4n) is 3.70. The Balaban J connectivity index is 1.71. The van der Waals surface area contributed by atoms with E-state index in [-0.39, 0.29) is 28.9 Å². The number of benzene rings is 1. The van der Waals surface area contributed by atoms with Crippen LogP contribution in [-0.4, -0.2) is 39.6 Å². The van der Waals surface area contributed by atoms with E-state index in [4.69, 9.17) is 0 Å². The third-order valence-corrected chi connectivity index (χ3v) is 8.08. The minimum Gasteiger partial charge on any atom is -0.396 e. The molecule has 1 atom stereocenters. The molecule has 0 amide bonds. The molecule has 0 saturated carbocycles. The third-order valence-electron chi connectivity index (χ3n) is 5.71. The van der Waals surface area contributed by atoms with E-state index in [1.165, 1.54) is 6.07 Å². The smallest absolute Gasteiger partial charge is 0.295 e. The molecule has 0 fully saturated rings. The van der Waals surface area contributed by atoms with Crippen molar-refractivity contribution in [3.8, 4) is 11.1 Å². The van der Waals surface area contributed by atoms with Gasteiger partial charge < -0.3 is 5.11 Å². The van der Waals surface area contributed by atoms with Crippen LogP contribution in [-0.2, 0) is 26.6 Å². The molecule has 0 aromatic heterocycles. The van der Waals surface area contributed by atoms with Gasteiger partial charge in [-0.2, -0.15) is 8.42 Å². The minimum absolute atomic E-state index is 0.0370. The quantitative estimate of drug-likeness (QED) is 0.293. The van der Waals surface area contributed by atoms with Crippen LogP contribution in [0.1, 0.15) is 42.4 Å². The van der Waals surface area contributed by atoms with Gasteiger partial charge in [-0.05, 0) is 61.1 Å². The summed E-state index contributed by atoms with van der Waals surface area (Å²) in [6.07, 6.45) is 1.71. The van der Waals surface area contributed by atoms with Crippen LogP contribution in [0.25, 0.3) is 11.1 Å². The summed E-state index contributed by atoms with van der Waals surface area (Å²) < 4.78 is 60.9. The first kappa shape index (κ1) is 25.3. The van der Waals surface area contributed by atoms with Gasteiger partial charge in [0.15, 0.2) is 0 Å². The fourth-order valence-corrected chi connectivity index (χ4v) is 5.53. The molecule has 1 unspecified atom stereocenters. The number of aryl methyl sites for hydroxylation is 2. The Labute approximate surface area is 195 Å². The van der Waals surface area contributed by atoms with Crippen LogP contribution >= 0.6 is 0 Å². The Morgan fingerprint density at radius 3 is 2.15 bits per heavy atom. The van der Waals surface area contributed by atoms with E-state index in [0.717, 1.165) is 16.7 Å². The summed E-state index contributed by atoms with van der Waals surface area (Å²) >= 11 is 0. The Bertz CT molecular complexity index is 1280. The van der Waals surface area contributed by atoms with Crippen molar-refractivity contribution in [2.75, 3.05) is 13.2 Å². The molecule has 0 saturated heterocycles. The van der Waals surface area contributed by atoms with Crippen molar-refractivity contribution in [2.24, 2.45) is 0 Å². The van der Waals surface area contributed by atoms with Crippen LogP contribution in [0.15, 0.2) is 64.4 Å². The Morgan fingerprint density at radius 1 is 0.909 bits per heavy atom. The maximum absolute atomic E-state index is 12.4. The molecule has 33 heavy (non-hydrogen) atoms. The lowest BCUT2D eigenvalue weighted by Gasteiger charge is -2.07. The Morgan fingerprint density at radius 2 is 1.55 bits per heavy atom. The highest BCUT2D eigenvalue weighted by Gasteiger charge is 2.23. The molecule has 0 aliphatic heterocycles. The minimum atomic E-state index is -4.41. The highest BCUT2D eigenvalue weighted by molar-refractivity contribution is 7.89. The zero-order chi connectivity index (χ0) is 24.2. The zero-order valence-electron chi connectivity index (χ0n) is 18.7. The molecule has 3 N–H and O–H groups in total. The van der Waals surface area contributed by atoms with Crippen molar-refractivity contribution in [1.82, 2.24) is 4.72 Å². The van der Waals surface area contributed by atoms with Gasteiger partial charge in [0.05, 0.1) is 4.90 Å². The largest absolute Gasteiger partial charge is 0.396 e. The lowest BCUT2D eigenvalue weighted by Crippen LogP contribution is -2.24. The number of hydrogen-bond acceptors (Lipinski definition) is 5. The molecule has 178 valence electrons. The van der Waals surface area contributed by atoms with Crippen molar-refractivity contribution < 1.29 is 26.5 Å². The summed E-state index contributed by atoms with van der Waals surface area (Å²) in [5.74, 6) is -0.110. The van der Waals surface area contributed by atoms with Crippen molar-refractivity contribution in [3.05, 3.63) is 71.3 Å². The van der Waals surface area contributed by atoms with Crippen LogP contribution in [0, 0.1) is 6.92 Å². The number of fused-ring (bicyclic) bond motifs is 1. The number of sulfonamides is 1. The highest BCUT2D eigenvalue weighted by Crippen LogP contribution is 2.36. The molecule has 0 radical (unpaired) electrons. The predicted molar refractivity (Wildman–Crippen MR) is 128 cm³/mol. The highest BCUT2D eigenvalue weighted by atomic mass is 32.2. The second-order valence-corrected chi connectivity index (χ2v) is 11.4. The zero-order valence-corrected chi connectivity index (χ0v) is 20.3. The van der Waals surface area contributed by atoms with Gasteiger partial charge in [-0.15, -0.1) is 0 Å². The summed E-state index contributed by atoms with van der Waals surface area (Å²) in [6.45, 7) is 3.97. The van der Waals surface area contributed by atoms with Gasteiger partial charge in [-0.3, -0.25) is 4.55 Å². The van der Waals surface area contributed by atoms with E-state index in [9.17, 15) is 26.5 Å². The normalized spacial score (nSPS) is 13.3. The monoisotopic (exact) mass is 491 g/mol. The lowest BCUT2D eigenvalue weighted by molar-refractivity contribution is 0.273. The van der Waals surface area contributed by atoms with Crippen LogP contribution < -0.4 is 4.72 Å². The second kappa shape index (κ2) is 10.3. The van der Waals surface area contributed by atoms with Gasteiger partial charge in [0.25, 0.3) is 10.1 Å². The van der Waals surface area contributed by atoms with Gasteiger partial charge in [-0.25, -0.2) is 13.1 Å². The van der Waals surface area contributed by atoms with Crippen molar-refractivity contribution in [3.63, 3.8) is 0 Å². The first-order chi connectivity index (χ1) is 15.5. The van der Waals surface area contributed by atoms with Crippen LogP contribution in [0.5, 0.6) is 0 Å². The number of nitrogens with one attached hydrogen (secondary N) is 1. The second-order valence-electron chi connectivity index (χ2n) is 8.25. The Kier molecular flexibility index (Phi) is 7.92. The first-order valence-corrected chi connectivity index (χ1v) is 13.7. The van der Waals surface area contributed by atoms with Gasteiger partial charge >= 0.3 is 0 Å². The van der Waals surface area contributed by atoms with E-state index < -0.39 is 20.1 Å². The number of rotatable bonds is 10. The van der Waals surface area contributed by atoms with E-state index in [1.807, 2.05) is 19.9 Å². The number of aliphatic hydroxyl groups excluding tert-OH is 1. The van der Waals surface area contributed by atoms with E-state index in [0.29, 0.717) is 30.4 Å². The van der Waals surface area contributed by atoms with Crippen molar-refractivity contribution >= 4 is 20.1 Å². The Hall–Kier alpha value is -2.30. The average molecular weight is 492 g/mol.